The van der Waals surface area contributed by atoms with Crippen LogP contribution in [0.25, 0.3) is 10.8 Å². The Labute approximate surface area is 189 Å². The van der Waals surface area contributed by atoms with E-state index in [4.69, 9.17) is 14.2 Å². The maximum absolute atomic E-state index is 12.8. The molecule has 1 amide bonds. The van der Waals surface area contributed by atoms with Gasteiger partial charge in [-0.15, -0.1) is 0 Å². The lowest BCUT2D eigenvalue weighted by atomic mass is 10.0. The molecule has 1 unspecified atom stereocenters. The zero-order valence-corrected chi connectivity index (χ0v) is 19.4. The van der Waals surface area contributed by atoms with E-state index in [1.54, 1.807) is 4.90 Å². The Morgan fingerprint density at radius 2 is 1.72 bits per heavy atom. The number of rotatable bonds is 4. The molecule has 1 aliphatic rings. The topological polar surface area (TPSA) is 48.0 Å². The van der Waals surface area contributed by atoms with Gasteiger partial charge in [-0.1, -0.05) is 48.5 Å². The van der Waals surface area contributed by atoms with Crippen LogP contribution in [0.15, 0.2) is 66.7 Å². The summed E-state index contributed by atoms with van der Waals surface area (Å²) in [6.45, 7) is 9.89. The number of hydrogen-bond acceptors (Lipinski definition) is 4. The molecule has 1 atom stereocenters. The number of nitrogens with zero attached hydrogens (tertiary/aromatic N) is 1. The van der Waals surface area contributed by atoms with Crippen molar-refractivity contribution in [3.8, 4) is 11.5 Å². The highest BCUT2D eigenvalue weighted by Gasteiger charge is 2.45. The van der Waals surface area contributed by atoms with Gasteiger partial charge < -0.3 is 14.2 Å². The monoisotopic (exact) mass is 433 g/mol. The van der Waals surface area contributed by atoms with Crippen molar-refractivity contribution in [1.82, 2.24) is 4.90 Å². The molecule has 1 heterocycles. The van der Waals surface area contributed by atoms with Crippen molar-refractivity contribution in [3.05, 3.63) is 72.3 Å². The molecule has 5 nitrogen and oxygen atoms in total. The molecule has 0 radical (unpaired) electrons. The van der Waals surface area contributed by atoms with Crippen molar-refractivity contribution in [1.29, 1.82) is 0 Å². The van der Waals surface area contributed by atoms with Gasteiger partial charge in [-0.25, -0.2) is 4.79 Å². The second kappa shape index (κ2) is 8.47. The zero-order chi connectivity index (χ0) is 22.9. The summed E-state index contributed by atoms with van der Waals surface area (Å²) in [5.41, 5.74) is -0.152. The average molecular weight is 434 g/mol. The Bertz CT molecular complexity index is 1090. The molecule has 4 rings (SSSR count). The summed E-state index contributed by atoms with van der Waals surface area (Å²) in [5, 5.41) is 2.23. The van der Waals surface area contributed by atoms with Crippen LogP contribution in [0, 0.1) is 0 Å². The molecule has 0 N–H and O–H groups in total. The molecule has 1 fully saturated rings. The Hall–Kier alpha value is -3.05. The molecule has 0 aliphatic carbocycles. The Morgan fingerprint density at radius 3 is 2.44 bits per heavy atom. The number of hydrogen-bond donors (Lipinski definition) is 0. The van der Waals surface area contributed by atoms with E-state index in [1.165, 1.54) is 0 Å². The molecule has 168 valence electrons. The quantitative estimate of drug-likeness (QED) is 0.468. The van der Waals surface area contributed by atoms with E-state index < -0.39 is 11.3 Å². The smallest absolute Gasteiger partial charge is 0.412 e. The third-order valence-corrected chi connectivity index (χ3v) is 5.54. The minimum absolute atomic E-state index is 0.0929. The highest BCUT2D eigenvalue weighted by Crippen LogP contribution is 2.33. The average Bonchev–Trinajstić information content (AvgIpc) is 3.02. The van der Waals surface area contributed by atoms with Gasteiger partial charge >= 0.3 is 6.09 Å². The number of amides is 1. The lowest BCUT2D eigenvalue weighted by molar-refractivity contribution is -0.0624. The molecule has 0 spiro atoms. The first-order valence-corrected chi connectivity index (χ1v) is 11.0. The van der Waals surface area contributed by atoms with Crippen LogP contribution in [0.1, 0.15) is 40.2 Å². The zero-order valence-electron chi connectivity index (χ0n) is 19.4. The van der Waals surface area contributed by atoms with Crippen LogP contribution in [0.3, 0.4) is 0 Å². The molecule has 32 heavy (non-hydrogen) atoms. The van der Waals surface area contributed by atoms with Gasteiger partial charge in [0.25, 0.3) is 0 Å². The molecule has 0 saturated carbocycles. The first-order valence-electron chi connectivity index (χ1n) is 11.0. The summed E-state index contributed by atoms with van der Waals surface area (Å²) in [7, 11) is 0. The van der Waals surface area contributed by atoms with Crippen molar-refractivity contribution in [2.24, 2.45) is 0 Å². The first-order chi connectivity index (χ1) is 15.1. The predicted molar refractivity (Wildman–Crippen MR) is 126 cm³/mol. The molecule has 3 aromatic carbocycles. The Kier molecular flexibility index (Phi) is 5.87. The highest BCUT2D eigenvalue weighted by molar-refractivity contribution is 5.88. The maximum Gasteiger partial charge on any atom is 0.412 e. The van der Waals surface area contributed by atoms with Crippen LogP contribution < -0.4 is 4.74 Å². The number of carbonyl (C=O) groups excluding carboxylic acids is 1. The van der Waals surface area contributed by atoms with Gasteiger partial charge in [-0.2, -0.15) is 0 Å². The summed E-state index contributed by atoms with van der Waals surface area (Å²) in [4.78, 5) is 14.6. The van der Waals surface area contributed by atoms with Crippen LogP contribution in [-0.4, -0.2) is 35.0 Å². The third kappa shape index (κ3) is 4.89. The number of ether oxygens (including phenoxy) is 3. The summed E-state index contributed by atoms with van der Waals surface area (Å²) in [6, 6.07) is 22.2. The minimum atomic E-state index is -0.704. The number of benzene rings is 3. The Balaban J connectivity index is 1.47. The van der Waals surface area contributed by atoms with Crippen LogP contribution in [-0.2, 0) is 15.9 Å². The molecule has 1 aliphatic heterocycles. The van der Waals surface area contributed by atoms with Gasteiger partial charge in [0.1, 0.15) is 22.8 Å². The molecular weight excluding hydrogens is 402 g/mol. The van der Waals surface area contributed by atoms with E-state index in [2.05, 4.69) is 18.2 Å². The van der Waals surface area contributed by atoms with Crippen LogP contribution >= 0.6 is 0 Å². The van der Waals surface area contributed by atoms with Gasteiger partial charge in [0, 0.05) is 5.39 Å². The van der Waals surface area contributed by atoms with Crippen molar-refractivity contribution in [3.63, 3.8) is 0 Å². The fraction of sp³-hybridized carbons (Fsp3) is 0.370. The summed E-state index contributed by atoms with van der Waals surface area (Å²) >= 11 is 0. The second-order valence-corrected chi connectivity index (χ2v) is 9.69. The van der Waals surface area contributed by atoms with Gasteiger partial charge in [0.15, 0.2) is 0 Å². The molecule has 1 saturated heterocycles. The Morgan fingerprint density at radius 1 is 1.03 bits per heavy atom. The largest absolute Gasteiger partial charge is 0.457 e. The second-order valence-electron chi connectivity index (χ2n) is 9.69. The normalized spacial score (nSPS) is 18.0. The molecule has 5 heteroatoms. The fourth-order valence-electron chi connectivity index (χ4n) is 4.09. The van der Waals surface area contributed by atoms with Crippen molar-refractivity contribution >= 4 is 16.9 Å². The maximum atomic E-state index is 12.8. The van der Waals surface area contributed by atoms with Crippen molar-refractivity contribution < 1.29 is 19.0 Å². The lowest BCUT2D eigenvalue weighted by Crippen LogP contribution is -2.50. The highest BCUT2D eigenvalue weighted by atomic mass is 16.6. The van der Waals surface area contributed by atoms with Crippen molar-refractivity contribution in [2.75, 3.05) is 6.61 Å². The van der Waals surface area contributed by atoms with Crippen LogP contribution in [0.4, 0.5) is 4.79 Å². The lowest BCUT2D eigenvalue weighted by Gasteiger charge is -2.35. The van der Waals surface area contributed by atoms with E-state index in [0.29, 0.717) is 13.0 Å². The van der Waals surface area contributed by atoms with Crippen LogP contribution in [0.5, 0.6) is 11.5 Å². The molecular formula is C27H31NO4. The molecule has 0 aromatic heterocycles. The van der Waals surface area contributed by atoms with E-state index in [-0.39, 0.29) is 12.1 Å². The van der Waals surface area contributed by atoms with E-state index in [1.807, 2.05) is 83.1 Å². The SMILES string of the molecule is CC(C)(C)OC(=O)N1C(Cc2ccc(Oc3cccc4ccccc34)cc2)COC1(C)C. The van der Waals surface area contributed by atoms with Gasteiger partial charge in [0.2, 0.25) is 0 Å². The third-order valence-electron chi connectivity index (χ3n) is 5.54. The molecule has 3 aromatic rings. The van der Waals surface area contributed by atoms with Gasteiger partial charge in [0.05, 0.1) is 12.6 Å². The minimum Gasteiger partial charge on any atom is -0.457 e. The van der Waals surface area contributed by atoms with Crippen LogP contribution in [0.2, 0.25) is 0 Å². The standard InChI is InChI=1S/C27H31NO4/c1-26(2,3)32-25(29)28-21(18-30-27(28,4)5)17-19-13-15-22(16-14-19)31-24-12-8-10-20-9-6-7-11-23(20)24/h6-16,21H,17-18H2,1-5H3. The van der Waals surface area contributed by atoms with Gasteiger partial charge in [-0.3, -0.25) is 4.90 Å². The van der Waals surface area contributed by atoms with Gasteiger partial charge in [-0.05, 0) is 70.2 Å². The summed E-state index contributed by atoms with van der Waals surface area (Å²) in [5.74, 6) is 1.61. The predicted octanol–water partition coefficient (Wildman–Crippen LogP) is 6.55. The number of fused-ring (bicyclic) bond motifs is 1. The number of carbonyl (C=O) groups is 1. The summed E-state index contributed by atoms with van der Waals surface area (Å²) in [6.07, 6.45) is 0.331. The fourth-order valence-corrected chi connectivity index (χ4v) is 4.09. The van der Waals surface area contributed by atoms with E-state index in [0.717, 1.165) is 27.8 Å². The van der Waals surface area contributed by atoms with E-state index >= 15 is 0 Å². The van der Waals surface area contributed by atoms with E-state index in [9.17, 15) is 4.79 Å². The molecule has 0 bridgehead atoms. The first kappa shape index (κ1) is 22.2. The summed E-state index contributed by atoms with van der Waals surface area (Å²) < 4.78 is 17.7. The van der Waals surface area contributed by atoms with Crippen molar-refractivity contribution in [2.45, 2.75) is 58.4 Å².